The number of methoxy groups -OCH3 is 1. The number of nitrogens with zero attached hydrogens (tertiary/aromatic N) is 2. The molecule has 0 unspecified atom stereocenters. The number of aryl methyl sites for hydroxylation is 2. The minimum absolute atomic E-state index is 0.0185. The molecule has 0 atom stereocenters. The third kappa shape index (κ3) is 4.40. The van der Waals surface area contributed by atoms with Crippen molar-refractivity contribution in [1.29, 1.82) is 0 Å². The van der Waals surface area contributed by atoms with Crippen molar-refractivity contribution in [2.24, 2.45) is 0 Å². The van der Waals surface area contributed by atoms with Gasteiger partial charge in [-0.05, 0) is 55.7 Å². The number of hydrogen-bond acceptors (Lipinski definition) is 5. The smallest absolute Gasteiger partial charge is 0.260 e. The van der Waals surface area contributed by atoms with Gasteiger partial charge in [0, 0.05) is 49.1 Å². The Morgan fingerprint density at radius 2 is 1.73 bits per heavy atom. The Bertz CT molecular complexity index is 1180. The zero-order valence-electron chi connectivity index (χ0n) is 18.8. The van der Waals surface area contributed by atoms with Gasteiger partial charge in [0.1, 0.15) is 22.8 Å². The number of rotatable bonds is 5. The van der Waals surface area contributed by atoms with Crippen LogP contribution < -0.4 is 9.47 Å². The molecular weight excluding hydrogens is 420 g/mol. The average molecular weight is 449 g/mol. The van der Waals surface area contributed by atoms with E-state index in [0.29, 0.717) is 43.2 Å². The number of fused-ring (bicyclic) bond motifs is 3. The summed E-state index contributed by atoms with van der Waals surface area (Å²) in [5.41, 5.74) is 2.76. The number of carbonyl (C=O) groups is 2. The van der Waals surface area contributed by atoms with Crippen LogP contribution in [0.25, 0.3) is 11.0 Å². The monoisotopic (exact) mass is 448 g/mol. The van der Waals surface area contributed by atoms with Gasteiger partial charge in [-0.25, -0.2) is 0 Å². The molecule has 1 fully saturated rings. The number of ether oxygens (including phenoxy) is 2. The van der Waals surface area contributed by atoms with Crippen LogP contribution in [0.4, 0.5) is 0 Å². The van der Waals surface area contributed by atoms with Gasteiger partial charge in [0.25, 0.3) is 11.8 Å². The van der Waals surface area contributed by atoms with Gasteiger partial charge in [-0.2, -0.15) is 0 Å². The SMILES string of the molecule is COc1cccc(C(=O)N2CCN(C(=O)COc3ccc4oc5c(c4c3)CCCC5)CC2)c1. The highest BCUT2D eigenvalue weighted by Gasteiger charge is 2.25. The van der Waals surface area contributed by atoms with E-state index in [1.807, 2.05) is 24.3 Å². The van der Waals surface area contributed by atoms with Crippen LogP contribution in [-0.4, -0.2) is 61.5 Å². The van der Waals surface area contributed by atoms with Crippen LogP contribution in [0, 0.1) is 0 Å². The highest BCUT2D eigenvalue weighted by Crippen LogP contribution is 2.34. The predicted octanol–water partition coefficient (Wildman–Crippen LogP) is 3.68. The summed E-state index contributed by atoms with van der Waals surface area (Å²) in [5, 5.41) is 1.10. The van der Waals surface area contributed by atoms with Gasteiger partial charge in [-0.3, -0.25) is 9.59 Å². The maximum atomic E-state index is 12.8. The largest absolute Gasteiger partial charge is 0.497 e. The van der Waals surface area contributed by atoms with Crippen LogP contribution in [0.15, 0.2) is 46.9 Å². The van der Waals surface area contributed by atoms with Crippen molar-refractivity contribution in [3.63, 3.8) is 0 Å². The van der Waals surface area contributed by atoms with Crippen molar-refractivity contribution in [2.75, 3.05) is 39.9 Å². The molecule has 2 aromatic carbocycles. The van der Waals surface area contributed by atoms with Crippen molar-refractivity contribution in [3.8, 4) is 11.5 Å². The average Bonchev–Trinajstić information content (AvgIpc) is 3.25. The molecule has 1 aliphatic carbocycles. The third-order valence-corrected chi connectivity index (χ3v) is 6.53. The van der Waals surface area contributed by atoms with Gasteiger partial charge in [-0.1, -0.05) is 6.07 Å². The molecular formula is C26H28N2O5. The van der Waals surface area contributed by atoms with E-state index in [2.05, 4.69) is 0 Å². The molecule has 7 heteroatoms. The van der Waals surface area contributed by atoms with E-state index in [9.17, 15) is 9.59 Å². The number of piperazine rings is 1. The minimum Gasteiger partial charge on any atom is -0.497 e. The Balaban J connectivity index is 1.16. The second-order valence-electron chi connectivity index (χ2n) is 8.56. The lowest BCUT2D eigenvalue weighted by Gasteiger charge is -2.34. The second kappa shape index (κ2) is 9.17. The molecule has 33 heavy (non-hydrogen) atoms. The Hall–Kier alpha value is -3.48. The van der Waals surface area contributed by atoms with Gasteiger partial charge in [-0.15, -0.1) is 0 Å². The lowest BCUT2D eigenvalue weighted by molar-refractivity contribution is -0.134. The molecule has 1 aromatic heterocycles. The molecule has 0 spiro atoms. The molecule has 5 rings (SSSR count). The van der Waals surface area contributed by atoms with Crippen LogP contribution in [-0.2, 0) is 17.6 Å². The van der Waals surface area contributed by atoms with Crippen LogP contribution >= 0.6 is 0 Å². The summed E-state index contributed by atoms with van der Waals surface area (Å²) in [6, 6.07) is 12.9. The molecule has 172 valence electrons. The Labute approximate surface area is 192 Å². The Morgan fingerprint density at radius 3 is 2.55 bits per heavy atom. The zero-order valence-corrected chi connectivity index (χ0v) is 18.8. The topological polar surface area (TPSA) is 72.2 Å². The zero-order chi connectivity index (χ0) is 22.8. The summed E-state index contributed by atoms with van der Waals surface area (Å²) in [6.45, 7) is 1.96. The maximum absolute atomic E-state index is 12.8. The highest BCUT2D eigenvalue weighted by atomic mass is 16.5. The molecule has 0 radical (unpaired) electrons. The van der Waals surface area contributed by atoms with E-state index in [0.717, 1.165) is 29.6 Å². The van der Waals surface area contributed by atoms with E-state index >= 15 is 0 Å². The van der Waals surface area contributed by atoms with Crippen LogP contribution in [0.2, 0.25) is 0 Å². The first kappa shape index (κ1) is 21.4. The lowest BCUT2D eigenvalue weighted by Crippen LogP contribution is -2.51. The molecule has 2 amide bonds. The van der Waals surface area contributed by atoms with Gasteiger partial charge in [0.15, 0.2) is 6.61 Å². The van der Waals surface area contributed by atoms with Gasteiger partial charge < -0.3 is 23.7 Å². The fourth-order valence-electron chi connectivity index (χ4n) is 4.67. The van der Waals surface area contributed by atoms with Crippen LogP contribution in [0.3, 0.4) is 0 Å². The fourth-order valence-corrected chi connectivity index (χ4v) is 4.67. The summed E-state index contributed by atoms with van der Waals surface area (Å²) >= 11 is 0. The molecule has 3 aromatic rings. The first-order valence-electron chi connectivity index (χ1n) is 11.5. The first-order valence-corrected chi connectivity index (χ1v) is 11.5. The van der Waals surface area contributed by atoms with Gasteiger partial charge in [0.05, 0.1) is 7.11 Å². The van der Waals surface area contributed by atoms with Crippen LogP contribution in [0.5, 0.6) is 11.5 Å². The quantitative estimate of drug-likeness (QED) is 0.595. The number of amides is 2. The van der Waals surface area contributed by atoms with Crippen molar-refractivity contribution in [2.45, 2.75) is 25.7 Å². The number of hydrogen-bond donors (Lipinski definition) is 0. The van der Waals surface area contributed by atoms with E-state index in [1.54, 1.807) is 35.1 Å². The molecule has 0 bridgehead atoms. The molecule has 0 saturated carbocycles. The third-order valence-electron chi connectivity index (χ3n) is 6.53. The normalized spacial score (nSPS) is 15.9. The number of carbonyl (C=O) groups excluding carboxylic acids is 2. The van der Waals surface area contributed by atoms with Crippen molar-refractivity contribution in [3.05, 3.63) is 59.4 Å². The van der Waals surface area contributed by atoms with E-state index in [4.69, 9.17) is 13.9 Å². The standard InChI is InChI=1S/C26H28N2O5/c1-31-19-6-4-5-18(15-19)26(30)28-13-11-27(12-14-28)25(29)17-32-20-9-10-24-22(16-20)21-7-2-3-8-23(21)33-24/h4-6,9-10,15-16H,2-3,7-8,11-14,17H2,1H3. The summed E-state index contributed by atoms with van der Waals surface area (Å²) < 4.78 is 17.0. The molecule has 1 saturated heterocycles. The molecule has 0 N–H and O–H groups in total. The summed E-state index contributed by atoms with van der Waals surface area (Å²) in [4.78, 5) is 29.0. The first-order chi connectivity index (χ1) is 16.1. The van der Waals surface area contributed by atoms with Crippen molar-refractivity contribution < 1.29 is 23.5 Å². The summed E-state index contributed by atoms with van der Waals surface area (Å²) in [5.74, 6) is 2.30. The van der Waals surface area contributed by atoms with Gasteiger partial charge >= 0.3 is 0 Å². The minimum atomic E-state index is -0.0715. The second-order valence-corrected chi connectivity index (χ2v) is 8.56. The lowest BCUT2D eigenvalue weighted by atomic mass is 9.96. The Kier molecular flexibility index (Phi) is 5.94. The van der Waals surface area contributed by atoms with Crippen LogP contribution in [0.1, 0.15) is 34.5 Å². The maximum Gasteiger partial charge on any atom is 0.260 e. The van der Waals surface area contributed by atoms with Crippen molar-refractivity contribution >= 4 is 22.8 Å². The number of furan rings is 1. The van der Waals surface area contributed by atoms with E-state index in [1.165, 1.54) is 18.4 Å². The molecule has 7 nitrogen and oxygen atoms in total. The predicted molar refractivity (Wildman–Crippen MR) is 124 cm³/mol. The van der Waals surface area contributed by atoms with E-state index < -0.39 is 0 Å². The number of benzene rings is 2. The molecule has 1 aliphatic heterocycles. The molecule has 2 aliphatic rings. The summed E-state index contributed by atoms with van der Waals surface area (Å²) in [7, 11) is 1.58. The fraction of sp³-hybridized carbons (Fsp3) is 0.385. The highest BCUT2D eigenvalue weighted by molar-refractivity contribution is 5.94. The Morgan fingerprint density at radius 1 is 0.939 bits per heavy atom. The van der Waals surface area contributed by atoms with Gasteiger partial charge in [0.2, 0.25) is 0 Å². The van der Waals surface area contributed by atoms with Crippen molar-refractivity contribution in [1.82, 2.24) is 9.80 Å². The molecule has 2 heterocycles. The summed E-state index contributed by atoms with van der Waals surface area (Å²) in [6.07, 6.45) is 4.37. The van der Waals surface area contributed by atoms with E-state index in [-0.39, 0.29) is 18.4 Å².